The quantitative estimate of drug-likeness (QED) is 0.607. The first kappa shape index (κ1) is 9.51. The zero-order valence-electron chi connectivity index (χ0n) is 9.30. The number of hydrogen-bond donors (Lipinski definition) is 0. The van der Waals surface area contributed by atoms with Crippen LogP contribution in [0.1, 0.15) is 33.6 Å². The molecule has 14 heavy (non-hydrogen) atoms. The predicted octanol–water partition coefficient (Wildman–Crippen LogP) is 4.18. The van der Waals surface area contributed by atoms with Crippen LogP contribution in [0.15, 0.2) is 47.1 Å². The Bertz CT molecular complexity index is 359. The van der Waals surface area contributed by atoms with Gasteiger partial charge in [0.1, 0.15) is 0 Å². The SMILES string of the molecule is CC1=C(C(C)(C)C2=CC=CC2)C=CC1. The van der Waals surface area contributed by atoms with Crippen LogP contribution in [0.2, 0.25) is 0 Å². The van der Waals surface area contributed by atoms with Crippen molar-refractivity contribution < 1.29 is 0 Å². The van der Waals surface area contributed by atoms with Crippen LogP contribution >= 0.6 is 0 Å². The van der Waals surface area contributed by atoms with E-state index in [1.807, 2.05) is 0 Å². The van der Waals surface area contributed by atoms with Crippen LogP contribution in [-0.4, -0.2) is 0 Å². The molecular formula is C14H18. The molecule has 0 saturated carbocycles. The monoisotopic (exact) mass is 186 g/mol. The standard InChI is InChI=1S/C14H18/c1-11-7-6-10-13(11)14(2,3)12-8-4-5-9-12/h4-6,8,10H,7,9H2,1-3H3. The normalized spacial score (nSPS) is 20.9. The zero-order chi connectivity index (χ0) is 10.2. The van der Waals surface area contributed by atoms with Crippen LogP contribution in [0.3, 0.4) is 0 Å². The summed E-state index contributed by atoms with van der Waals surface area (Å²) in [5, 5.41) is 0. The lowest BCUT2D eigenvalue weighted by atomic mass is 9.76. The van der Waals surface area contributed by atoms with Gasteiger partial charge in [0.2, 0.25) is 0 Å². The Kier molecular flexibility index (Phi) is 2.22. The average molecular weight is 186 g/mol. The molecule has 0 amide bonds. The van der Waals surface area contributed by atoms with Crippen LogP contribution in [0.5, 0.6) is 0 Å². The summed E-state index contributed by atoms with van der Waals surface area (Å²) in [5.41, 5.74) is 4.81. The van der Waals surface area contributed by atoms with E-state index in [9.17, 15) is 0 Å². The van der Waals surface area contributed by atoms with Gasteiger partial charge in [-0.3, -0.25) is 0 Å². The first-order valence-electron chi connectivity index (χ1n) is 5.35. The summed E-state index contributed by atoms with van der Waals surface area (Å²) >= 11 is 0. The van der Waals surface area contributed by atoms with E-state index in [0.717, 1.165) is 12.8 Å². The van der Waals surface area contributed by atoms with E-state index in [1.54, 1.807) is 5.57 Å². The Morgan fingerprint density at radius 1 is 1.14 bits per heavy atom. The van der Waals surface area contributed by atoms with Crippen molar-refractivity contribution in [3.05, 3.63) is 47.1 Å². The number of allylic oxidation sites excluding steroid dienone is 8. The molecule has 0 N–H and O–H groups in total. The van der Waals surface area contributed by atoms with E-state index in [2.05, 4.69) is 51.2 Å². The van der Waals surface area contributed by atoms with Crippen molar-refractivity contribution in [3.8, 4) is 0 Å². The molecule has 0 fully saturated rings. The minimum absolute atomic E-state index is 0.223. The van der Waals surface area contributed by atoms with E-state index in [-0.39, 0.29) is 5.41 Å². The van der Waals surface area contributed by atoms with E-state index < -0.39 is 0 Å². The maximum absolute atomic E-state index is 2.33. The second-order valence-corrected chi connectivity index (χ2v) is 4.75. The highest BCUT2D eigenvalue weighted by Gasteiger charge is 2.29. The maximum Gasteiger partial charge on any atom is 0.0111 e. The van der Waals surface area contributed by atoms with Crippen molar-refractivity contribution in [1.29, 1.82) is 0 Å². The maximum atomic E-state index is 2.33. The molecule has 0 aliphatic heterocycles. The summed E-state index contributed by atoms with van der Waals surface area (Å²) in [6, 6.07) is 0. The molecule has 0 atom stereocenters. The fourth-order valence-corrected chi connectivity index (χ4v) is 2.43. The second kappa shape index (κ2) is 3.27. The molecule has 0 aromatic rings. The summed E-state index contributed by atoms with van der Waals surface area (Å²) in [7, 11) is 0. The Balaban J connectivity index is 2.32. The van der Waals surface area contributed by atoms with E-state index in [4.69, 9.17) is 0 Å². The highest BCUT2D eigenvalue weighted by atomic mass is 14.3. The first-order chi connectivity index (χ1) is 6.62. The van der Waals surface area contributed by atoms with E-state index in [1.165, 1.54) is 11.1 Å². The fourth-order valence-electron chi connectivity index (χ4n) is 2.43. The molecule has 2 aliphatic carbocycles. The molecule has 0 aromatic heterocycles. The highest BCUT2D eigenvalue weighted by molar-refractivity contribution is 5.45. The summed E-state index contributed by atoms with van der Waals surface area (Å²) in [6.07, 6.45) is 13.5. The molecule has 0 nitrogen and oxygen atoms in total. The third-order valence-corrected chi connectivity index (χ3v) is 3.42. The molecule has 0 unspecified atom stereocenters. The van der Waals surface area contributed by atoms with Crippen LogP contribution in [-0.2, 0) is 0 Å². The Labute approximate surface area is 86.7 Å². The Hall–Kier alpha value is -1.04. The topological polar surface area (TPSA) is 0 Å². The smallest absolute Gasteiger partial charge is 0.0111 e. The molecule has 0 saturated heterocycles. The Morgan fingerprint density at radius 2 is 1.93 bits per heavy atom. The molecule has 0 heteroatoms. The van der Waals surface area contributed by atoms with Crippen molar-refractivity contribution in [1.82, 2.24) is 0 Å². The molecule has 2 aliphatic rings. The van der Waals surface area contributed by atoms with Gasteiger partial charge in [-0.15, -0.1) is 0 Å². The largest absolute Gasteiger partial charge is 0.0804 e. The van der Waals surface area contributed by atoms with Crippen LogP contribution in [0.4, 0.5) is 0 Å². The van der Waals surface area contributed by atoms with Crippen molar-refractivity contribution >= 4 is 0 Å². The molecule has 0 radical (unpaired) electrons. The molecule has 2 rings (SSSR count). The summed E-state index contributed by atoms with van der Waals surface area (Å²) < 4.78 is 0. The minimum atomic E-state index is 0.223. The third-order valence-electron chi connectivity index (χ3n) is 3.42. The van der Waals surface area contributed by atoms with Gasteiger partial charge in [0.15, 0.2) is 0 Å². The van der Waals surface area contributed by atoms with Gasteiger partial charge in [0.25, 0.3) is 0 Å². The predicted molar refractivity (Wildman–Crippen MR) is 62.1 cm³/mol. The van der Waals surface area contributed by atoms with Gasteiger partial charge in [-0.2, -0.15) is 0 Å². The lowest BCUT2D eigenvalue weighted by Crippen LogP contribution is -2.16. The van der Waals surface area contributed by atoms with Crippen LogP contribution in [0, 0.1) is 5.41 Å². The van der Waals surface area contributed by atoms with Gasteiger partial charge in [-0.25, -0.2) is 0 Å². The van der Waals surface area contributed by atoms with Gasteiger partial charge in [-0.05, 0) is 25.3 Å². The highest BCUT2D eigenvalue weighted by Crippen LogP contribution is 2.43. The Morgan fingerprint density at radius 3 is 2.43 bits per heavy atom. The minimum Gasteiger partial charge on any atom is -0.0804 e. The summed E-state index contributed by atoms with van der Waals surface area (Å²) in [5.74, 6) is 0. The van der Waals surface area contributed by atoms with Crippen molar-refractivity contribution in [2.75, 3.05) is 0 Å². The molecule has 0 spiro atoms. The van der Waals surface area contributed by atoms with Crippen molar-refractivity contribution in [2.45, 2.75) is 33.6 Å². The first-order valence-corrected chi connectivity index (χ1v) is 5.35. The number of rotatable bonds is 2. The van der Waals surface area contributed by atoms with Crippen molar-refractivity contribution in [3.63, 3.8) is 0 Å². The molecule has 74 valence electrons. The summed E-state index contributed by atoms with van der Waals surface area (Å²) in [4.78, 5) is 0. The van der Waals surface area contributed by atoms with Gasteiger partial charge in [-0.1, -0.05) is 55.4 Å². The van der Waals surface area contributed by atoms with Crippen LogP contribution < -0.4 is 0 Å². The second-order valence-electron chi connectivity index (χ2n) is 4.75. The van der Waals surface area contributed by atoms with Crippen molar-refractivity contribution in [2.24, 2.45) is 5.41 Å². The summed E-state index contributed by atoms with van der Waals surface area (Å²) in [6.45, 7) is 6.92. The lowest BCUT2D eigenvalue weighted by Gasteiger charge is -2.28. The molecule has 0 aromatic carbocycles. The van der Waals surface area contributed by atoms with Gasteiger partial charge in [0.05, 0.1) is 0 Å². The fraction of sp³-hybridized carbons (Fsp3) is 0.429. The van der Waals surface area contributed by atoms with E-state index in [0.29, 0.717) is 0 Å². The van der Waals surface area contributed by atoms with Gasteiger partial charge >= 0.3 is 0 Å². The zero-order valence-corrected chi connectivity index (χ0v) is 9.30. The van der Waals surface area contributed by atoms with Crippen LogP contribution in [0.25, 0.3) is 0 Å². The molecule has 0 bridgehead atoms. The third kappa shape index (κ3) is 1.39. The average Bonchev–Trinajstić information content (AvgIpc) is 2.72. The van der Waals surface area contributed by atoms with Gasteiger partial charge < -0.3 is 0 Å². The molecular weight excluding hydrogens is 168 g/mol. The number of hydrogen-bond acceptors (Lipinski definition) is 0. The van der Waals surface area contributed by atoms with Gasteiger partial charge in [0, 0.05) is 5.41 Å². The lowest BCUT2D eigenvalue weighted by molar-refractivity contribution is 0.540. The molecule has 0 heterocycles. The van der Waals surface area contributed by atoms with E-state index >= 15 is 0 Å².